The topological polar surface area (TPSA) is 67.4 Å². The summed E-state index contributed by atoms with van der Waals surface area (Å²) in [5.74, 6) is 1.21. The molecule has 1 saturated heterocycles. The van der Waals surface area contributed by atoms with Crippen LogP contribution in [0.4, 0.5) is 10.7 Å². The number of rotatable bonds is 4. The molecule has 2 heterocycles. The molecule has 0 bridgehead atoms. The summed E-state index contributed by atoms with van der Waals surface area (Å²) in [6, 6.07) is 0.165. The third-order valence-electron chi connectivity index (χ3n) is 3.52. The molecule has 23 heavy (non-hydrogen) atoms. The summed E-state index contributed by atoms with van der Waals surface area (Å²) >= 11 is 0. The SMILES string of the molecule is CC(C)Cc1cnc(NC2CCN(C(=O)OC(C)(C)C)C2)nc1. The first-order valence-corrected chi connectivity index (χ1v) is 8.28. The number of nitrogens with one attached hydrogen (secondary N) is 1. The van der Waals surface area contributed by atoms with Gasteiger partial charge in [-0.15, -0.1) is 0 Å². The van der Waals surface area contributed by atoms with E-state index in [1.54, 1.807) is 4.90 Å². The molecule has 6 nitrogen and oxygen atoms in total. The second-order valence-corrected chi connectivity index (χ2v) is 7.57. The zero-order valence-corrected chi connectivity index (χ0v) is 14.8. The third kappa shape index (κ3) is 5.69. The van der Waals surface area contributed by atoms with Crippen molar-refractivity contribution in [2.75, 3.05) is 18.4 Å². The lowest BCUT2D eigenvalue weighted by atomic mass is 10.1. The molecule has 1 aromatic rings. The van der Waals surface area contributed by atoms with Gasteiger partial charge >= 0.3 is 6.09 Å². The molecule has 6 heteroatoms. The summed E-state index contributed by atoms with van der Waals surface area (Å²) < 4.78 is 5.40. The van der Waals surface area contributed by atoms with Gasteiger partial charge in [0.05, 0.1) is 0 Å². The molecule has 0 aliphatic carbocycles. The number of nitrogens with zero attached hydrogens (tertiary/aromatic N) is 3. The van der Waals surface area contributed by atoms with Crippen molar-refractivity contribution in [2.45, 2.75) is 59.1 Å². The number of hydrogen-bond acceptors (Lipinski definition) is 5. The van der Waals surface area contributed by atoms with Crippen molar-refractivity contribution in [3.05, 3.63) is 18.0 Å². The van der Waals surface area contributed by atoms with Gasteiger partial charge in [-0.25, -0.2) is 14.8 Å². The number of amides is 1. The first-order valence-electron chi connectivity index (χ1n) is 8.28. The summed E-state index contributed by atoms with van der Waals surface area (Å²) in [7, 11) is 0. The van der Waals surface area contributed by atoms with Crippen LogP contribution < -0.4 is 5.32 Å². The number of likely N-dealkylation sites (tertiary alicyclic amines) is 1. The van der Waals surface area contributed by atoms with E-state index in [2.05, 4.69) is 29.1 Å². The summed E-state index contributed by atoms with van der Waals surface area (Å²) in [6.07, 6.45) is 5.34. The standard InChI is InChI=1S/C17H28N4O2/c1-12(2)8-13-9-18-15(19-10-13)20-14-6-7-21(11-14)16(22)23-17(3,4)5/h9-10,12,14H,6-8,11H2,1-5H3,(H,18,19,20). The predicted octanol–water partition coefficient (Wildman–Crippen LogP) is 3.10. The van der Waals surface area contributed by atoms with Gasteiger partial charge in [-0.3, -0.25) is 0 Å². The minimum absolute atomic E-state index is 0.165. The van der Waals surface area contributed by atoms with Crippen molar-refractivity contribution in [2.24, 2.45) is 5.92 Å². The molecule has 1 aliphatic heterocycles. The van der Waals surface area contributed by atoms with E-state index in [1.807, 2.05) is 33.2 Å². The molecule has 1 aliphatic rings. The Kier molecular flexibility index (Phi) is 5.44. The Hall–Kier alpha value is -1.85. The van der Waals surface area contributed by atoms with Crippen molar-refractivity contribution in [3.63, 3.8) is 0 Å². The van der Waals surface area contributed by atoms with Crippen LogP contribution in [0.2, 0.25) is 0 Å². The Morgan fingerprint density at radius 3 is 2.61 bits per heavy atom. The van der Waals surface area contributed by atoms with Gasteiger partial charge < -0.3 is 15.0 Å². The van der Waals surface area contributed by atoms with E-state index in [0.717, 1.165) is 18.4 Å². The van der Waals surface area contributed by atoms with Crippen LogP contribution >= 0.6 is 0 Å². The Labute approximate surface area is 138 Å². The van der Waals surface area contributed by atoms with Crippen LogP contribution in [0.25, 0.3) is 0 Å². The monoisotopic (exact) mass is 320 g/mol. The fourth-order valence-corrected chi connectivity index (χ4v) is 2.56. The number of anilines is 1. The van der Waals surface area contributed by atoms with E-state index >= 15 is 0 Å². The van der Waals surface area contributed by atoms with E-state index in [1.165, 1.54) is 0 Å². The average molecular weight is 320 g/mol. The summed E-state index contributed by atoms with van der Waals surface area (Å²) in [5.41, 5.74) is 0.685. The van der Waals surface area contributed by atoms with Crippen LogP contribution in [-0.4, -0.2) is 45.7 Å². The highest BCUT2D eigenvalue weighted by Gasteiger charge is 2.30. The van der Waals surface area contributed by atoms with Crippen LogP contribution in [0.5, 0.6) is 0 Å². The molecule has 1 atom stereocenters. The van der Waals surface area contributed by atoms with Crippen LogP contribution in [0.1, 0.15) is 46.6 Å². The zero-order valence-electron chi connectivity index (χ0n) is 14.8. The summed E-state index contributed by atoms with van der Waals surface area (Å²) in [6.45, 7) is 11.3. The van der Waals surface area contributed by atoms with E-state index in [0.29, 0.717) is 25.0 Å². The molecule has 1 fully saturated rings. The van der Waals surface area contributed by atoms with Gasteiger partial charge in [0.15, 0.2) is 0 Å². The average Bonchev–Trinajstić information content (AvgIpc) is 2.87. The lowest BCUT2D eigenvalue weighted by molar-refractivity contribution is 0.0293. The fourth-order valence-electron chi connectivity index (χ4n) is 2.56. The normalized spacial score (nSPS) is 18.3. The number of hydrogen-bond donors (Lipinski definition) is 1. The van der Waals surface area contributed by atoms with Crippen LogP contribution in [0.3, 0.4) is 0 Å². The highest BCUT2D eigenvalue weighted by molar-refractivity contribution is 5.68. The Bertz CT molecular complexity index is 522. The Morgan fingerprint density at radius 1 is 1.39 bits per heavy atom. The highest BCUT2D eigenvalue weighted by atomic mass is 16.6. The smallest absolute Gasteiger partial charge is 0.410 e. The molecule has 1 N–H and O–H groups in total. The number of carbonyl (C=O) groups excluding carboxylic acids is 1. The summed E-state index contributed by atoms with van der Waals surface area (Å²) in [4.78, 5) is 22.5. The van der Waals surface area contributed by atoms with Crippen LogP contribution in [-0.2, 0) is 11.2 Å². The van der Waals surface area contributed by atoms with Crippen molar-refractivity contribution < 1.29 is 9.53 Å². The molecule has 2 rings (SSSR count). The van der Waals surface area contributed by atoms with E-state index in [-0.39, 0.29) is 12.1 Å². The van der Waals surface area contributed by atoms with Gasteiger partial charge in [0.25, 0.3) is 0 Å². The first-order chi connectivity index (χ1) is 10.7. The largest absolute Gasteiger partial charge is 0.444 e. The highest BCUT2D eigenvalue weighted by Crippen LogP contribution is 2.17. The maximum Gasteiger partial charge on any atom is 0.410 e. The molecule has 0 spiro atoms. The van der Waals surface area contributed by atoms with E-state index in [9.17, 15) is 4.79 Å². The molecule has 128 valence electrons. The maximum absolute atomic E-state index is 12.1. The fraction of sp³-hybridized carbons (Fsp3) is 0.706. The van der Waals surface area contributed by atoms with Gasteiger partial charge in [0, 0.05) is 31.5 Å². The summed E-state index contributed by atoms with van der Waals surface area (Å²) in [5, 5.41) is 3.30. The number of ether oxygens (including phenoxy) is 1. The Balaban J connectivity index is 1.84. The van der Waals surface area contributed by atoms with Crippen molar-refractivity contribution in [1.82, 2.24) is 14.9 Å². The molecule has 0 radical (unpaired) electrons. The number of carbonyl (C=O) groups is 1. The predicted molar refractivity (Wildman–Crippen MR) is 90.4 cm³/mol. The van der Waals surface area contributed by atoms with Gasteiger partial charge in [-0.1, -0.05) is 13.8 Å². The Morgan fingerprint density at radius 2 is 2.04 bits per heavy atom. The zero-order chi connectivity index (χ0) is 17.0. The van der Waals surface area contributed by atoms with E-state index in [4.69, 9.17) is 4.74 Å². The lowest BCUT2D eigenvalue weighted by Gasteiger charge is -2.24. The minimum atomic E-state index is -0.460. The maximum atomic E-state index is 12.1. The second-order valence-electron chi connectivity index (χ2n) is 7.57. The van der Waals surface area contributed by atoms with Gasteiger partial charge in [0.1, 0.15) is 5.60 Å². The molecule has 1 unspecified atom stereocenters. The first kappa shape index (κ1) is 17.5. The van der Waals surface area contributed by atoms with Crippen molar-refractivity contribution in [3.8, 4) is 0 Å². The van der Waals surface area contributed by atoms with Crippen molar-refractivity contribution in [1.29, 1.82) is 0 Å². The van der Waals surface area contributed by atoms with Crippen LogP contribution in [0, 0.1) is 5.92 Å². The third-order valence-corrected chi connectivity index (χ3v) is 3.52. The molecule has 1 aromatic heterocycles. The molecule has 0 aromatic carbocycles. The molecular weight excluding hydrogens is 292 g/mol. The van der Waals surface area contributed by atoms with Gasteiger partial charge in [-0.2, -0.15) is 0 Å². The molecular formula is C17H28N4O2. The lowest BCUT2D eigenvalue weighted by Crippen LogP contribution is -2.36. The quantitative estimate of drug-likeness (QED) is 0.923. The van der Waals surface area contributed by atoms with Gasteiger partial charge in [0.2, 0.25) is 5.95 Å². The second kappa shape index (κ2) is 7.15. The van der Waals surface area contributed by atoms with Gasteiger partial charge in [-0.05, 0) is 45.1 Å². The van der Waals surface area contributed by atoms with Crippen molar-refractivity contribution >= 4 is 12.0 Å². The molecule has 0 saturated carbocycles. The van der Waals surface area contributed by atoms with E-state index < -0.39 is 5.60 Å². The number of aromatic nitrogens is 2. The minimum Gasteiger partial charge on any atom is -0.444 e. The van der Waals surface area contributed by atoms with Crippen LogP contribution in [0.15, 0.2) is 12.4 Å². The molecule has 1 amide bonds.